The van der Waals surface area contributed by atoms with Crippen LogP contribution in [0.5, 0.6) is 0 Å². The molecule has 0 bridgehead atoms. The van der Waals surface area contributed by atoms with Crippen LogP contribution < -0.4 is 4.91 Å². The first-order chi connectivity index (χ1) is 14.1. The van der Waals surface area contributed by atoms with Crippen molar-refractivity contribution >= 4 is 16.6 Å². The Morgan fingerprint density at radius 1 is 1.14 bits per heavy atom. The predicted molar refractivity (Wildman–Crippen MR) is 104 cm³/mol. The fourth-order valence-corrected chi connectivity index (χ4v) is 2.95. The van der Waals surface area contributed by atoms with E-state index in [9.17, 15) is 10.1 Å². The van der Waals surface area contributed by atoms with Crippen molar-refractivity contribution in [3.05, 3.63) is 82.2 Å². The SMILES string of the molecule is N=[N+]=NCc1ccc2nc(Cn3cc(-c4ccc([N+](=O)[O-])cc4)nn3)ccc2c1. The quantitative estimate of drug-likeness (QED) is 0.234. The molecule has 2 heterocycles. The first-order valence-corrected chi connectivity index (χ1v) is 8.69. The van der Waals surface area contributed by atoms with Gasteiger partial charge >= 0.3 is 0 Å². The van der Waals surface area contributed by atoms with Crippen molar-refractivity contribution in [2.24, 2.45) is 5.11 Å². The van der Waals surface area contributed by atoms with E-state index in [1.54, 1.807) is 23.0 Å². The van der Waals surface area contributed by atoms with Crippen molar-refractivity contribution < 1.29 is 4.92 Å². The molecule has 2 aromatic carbocycles. The number of nitrogens with zero attached hydrogens (tertiary/aromatic N) is 7. The summed E-state index contributed by atoms with van der Waals surface area (Å²) in [4.78, 5) is 18.0. The molecule has 0 spiro atoms. The van der Waals surface area contributed by atoms with Crippen LogP contribution in [0.4, 0.5) is 5.69 Å². The Labute approximate surface area is 164 Å². The average molecular weight is 387 g/mol. The number of benzene rings is 2. The van der Waals surface area contributed by atoms with E-state index in [0.29, 0.717) is 18.8 Å². The summed E-state index contributed by atoms with van der Waals surface area (Å²) in [6.45, 7) is 0.816. The number of non-ortho nitro benzene ring substituents is 1. The maximum atomic E-state index is 10.8. The zero-order valence-corrected chi connectivity index (χ0v) is 15.1. The Hall–Kier alpha value is -4.30. The Kier molecular flexibility index (Phi) is 4.83. The van der Waals surface area contributed by atoms with Gasteiger partial charge in [0, 0.05) is 23.1 Å². The largest absolute Gasteiger partial charge is 0.269 e. The summed E-state index contributed by atoms with van der Waals surface area (Å²) in [5.74, 6) is 0. The number of nitrogens with one attached hydrogen (secondary N) is 1. The van der Waals surface area contributed by atoms with E-state index in [4.69, 9.17) is 5.53 Å². The highest BCUT2D eigenvalue weighted by Crippen LogP contribution is 2.21. The van der Waals surface area contributed by atoms with Gasteiger partial charge < -0.3 is 0 Å². The van der Waals surface area contributed by atoms with Gasteiger partial charge in [0.05, 0.1) is 28.9 Å². The number of aromatic nitrogens is 4. The molecule has 4 aromatic rings. The molecule has 0 unspecified atom stereocenters. The summed E-state index contributed by atoms with van der Waals surface area (Å²) in [6.07, 6.45) is 1.78. The average Bonchev–Trinajstić information content (AvgIpc) is 3.20. The molecule has 0 radical (unpaired) electrons. The molecule has 10 nitrogen and oxygen atoms in total. The van der Waals surface area contributed by atoms with Crippen LogP contribution in [0.25, 0.3) is 22.2 Å². The van der Waals surface area contributed by atoms with E-state index in [1.807, 2.05) is 30.3 Å². The van der Waals surface area contributed by atoms with Crippen LogP contribution in [0, 0.1) is 15.6 Å². The topological polar surface area (TPSA) is 137 Å². The van der Waals surface area contributed by atoms with Gasteiger partial charge in [-0.2, -0.15) is 0 Å². The van der Waals surface area contributed by atoms with Crippen LogP contribution in [-0.4, -0.2) is 24.9 Å². The minimum Gasteiger partial charge on any atom is -0.258 e. The van der Waals surface area contributed by atoms with Crippen molar-refractivity contribution in [2.45, 2.75) is 13.1 Å². The fourth-order valence-electron chi connectivity index (χ4n) is 2.95. The van der Waals surface area contributed by atoms with Crippen LogP contribution in [-0.2, 0) is 13.1 Å². The van der Waals surface area contributed by atoms with Crippen LogP contribution >= 0.6 is 0 Å². The number of hydrogen-bond acceptors (Lipinski definition) is 7. The van der Waals surface area contributed by atoms with Gasteiger partial charge in [-0.15, -0.1) is 5.10 Å². The Morgan fingerprint density at radius 2 is 1.97 bits per heavy atom. The first-order valence-electron chi connectivity index (χ1n) is 8.69. The van der Waals surface area contributed by atoms with E-state index in [1.165, 1.54) is 12.1 Å². The number of fused-ring (bicyclic) bond motifs is 1. The lowest BCUT2D eigenvalue weighted by Gasteiger charge is -2.04. The highest BCUT2D eigenvalue weighted by molar-refractivity contribution is 5.79. The van der Waals surface area contributed by atoms with Gasteiger partial charge in [-0.3, -0.25) is 15.1 Å². The normalized spacial score (nSPS) is 10.6. The molecule has 1 N–H and O–H groups in total. The van der Waals surface area contributed by atoms with Gasteiger partial charge in [0.2, 0.25) is 4.91 Å². The van der Waals surface area contributed by atoms with Crippen molar-refractivity contribution in [3.63, 3.8) is 0 Å². The second-order valence-electron chi connectivity index (χ2n) is 6.33. The van der Waals surface area contributed by atoms with Crippen molar-refractivity contribution in [2.75, 3.05) is 0 Å². The Bertz CT molecular complexity index is 1240. The zero-order chi connectivity index (χ0) is 20.2. The summed E-state index contributed by atoms with van der Waals surface area (Å²) in [7, 11) is 0. The number of hydrogen-bond donors (Lipinski definition) is 1. The molecule has 0 aliphatic rings. The van der Waals surface area contributed by atoms with Gasteiger partial charge in [-0.25, -0.2) is 4.68 Å². The number of nitro groups is 1. The number of pyridine rings is 1. The maximum absolute atomic E-state index is 10.8. The molecule has 142 valence electrons. The third-order valence-corrected chi connectivity index (χ3v) is 4.37. The molecule has 2 aromatic heterocycles. The lowest BCUT2D eigenvalue weighted by atomic mass is 10.1. The van der Waals surface area contributed by atoms with Crippen molar-refractivity contribution in [1.29, 1.82) is 5.53 Å². The van der Waals surface area contributed by atoms with E-state index in [2.05, 4.69) is 25.3 Å². The summed E-state index contributed by atoms with van der Waals surface area (Å²) in [5, 5.41) is 23.7. The number of rotatable bonds is 6. The van der Waals surface area contributed by atoms with E-state index < -0.39 is 4.92 Å². The van der Waals surface area contributed by atoms with Crippen LogP contribution in [0.15, 0.2) is 65.9 Å². The Morgan fingerprint density at radius 3 is 2.72 bits per heavy atom. The molecular formula is C19H15N8O2+. The summed E-state index contributed by atoms with van der Waals surface area (Å²) in [5.41, 5.74) is 10.8. The Balaban J connectivity index is 1.52. The molecule has 0 aliphatic carbocycles. The van der Waals surface area contributed by atoms with Gasteiger partial charge in [-0.1, -0.05) is 17.3 Å². The summed E-state index contributed by atoms with van der Waals surface area (Å²) in [6, 6.07) is 15.9. The molecule has 29 heavy (non-hydrogen) atoms. The van der Waals surface area contributed by atoms with Crippen LogP contribution in [0.3, 0.4) is 0 Å². The lowest BCUT2D eigenvalue weighted by Crippen LogP contribution is -2.02. The standard InChI is InChI=1S/C19H15N8O2/c20-24-21-10-13-1-8-18-15(9-13)2-5-16(22-18)11-26-12-19(23-25-26)14-3-6-17(7-4-14)27(28)29/h1-9,12,20H,10-11H2/q+1. The monoisotopic (exact) mass is 387 g/mol. The summed E-state index contributed by atoms with van der Waals surface area (Å²) >= 11 is 0. The smallest absolute Gasteiger partial charge is 0.258 e. The van der Waals surface area contributed by atoms with Crippen LogP contribution in [0.2, 0.25) is 0 Å². The van der Waals surface area contributed by atoms with Gasteiger partial charge in [0.25, 0.3) is 5.69 Å². The zero-order valence-electron chi connectivity index (χ0n) is 15.1. The lowest BCUT2D eigenvalue weighted by molar-refractivity contribution is -0.384. The minimum absolute atomic E-state index is 0.0347. The third-order valence-electron chi connectivity index (χ3n) is 4.37. The second kappa shape index (κ2) is 7.75. The first kappa shape index (κ1) is 18.1. The van der Waals surface area contributed by atoms with Gasteiger partial charge in [-0.05, 0) is 35.9 Å². The molecule has 0 saturated heterocycles. The highest BCUT2D eigenvalue weighted by atomic mass is 16.6. The molecule has 0 amide bonds. The van der Waals surface area contributed by atoms with Gasteiger partial charge in [0.15, 0.2) is 0 Å². The van der Waals surface area contributed by atoms with E-state index in [-0.39, 0.29) is 5.69 Å². The van der Waals surface area contributed by atoms with E-state index in [0.717, 1.165) is 27.7 Å². The molecule has 10 heteroatoms. The molecule has 0 aliphatic heterocycles. The predicted octanol–water partition coefficient (Wildman–Crippen LogP) is 3.50. The maximum Gasteiger partial charge on any atom is 0.269 e. The van der Waals surface area contributed by atoms with Crippen LogP contribution in [0.1, 0.15) is 11.3 Å². The van der Waals surface area contributed by atoms with Crippen molar-refractivity contribution in [3.8, 4) is 11.3 Å². The molecule has 0 fully saturated rings. The second-order valence-corrected chi connectivity index (χ2v) is 6.33. The fraction of sp³-hybridized carbons (Fsp3) is 0.105. The molecule has 0 atom stereocenters. The van der Waals surface area contributed by atoms with E-state index >= 15 is 0 Å². The minimum atomic E-state index is -0.436. The molecule has 0 saturated carbocycles. The summed E-state index contributed by atoms with van der Waals surface area (Å²) < 4.78 is 1.67. The van der Waals surface area contributed by atoms with Gasteiger partial charge in [0.1, 0.15) is 22.9 Å². The number of nitro benzene ring substituents is 1. The van der Waals surface area contributed by atoms with Crippen molar-refractivity contribution in [1.82, 2.24) is 24.9 Å². The molecule has 4 rings (SSSR count). The third kappa shape index (κ3) is 4.02. The molecular weight excluding hydrogens is 372 g/mol. The highest BCUT2D eigenvalue weighted by Gasteiger charge is 2.09.